The van der Waals surface area contributed by atoms with E-state index in [0.717, 1.165) is 11.1 Å². The predicted octanol–water partition coefficient (Wildman–Crippen LogP) is 2.96. The van der Waals surface area contributed by atoms with Gasteiger partial charge in [0.25, 0.3) is 0 Å². The summed E-state index contributed by atoms with van der Waals surface area (Å²) in [5.74, 6) is -0.153. The Kier molecular flexibility index (Phi) is 4.69. The first-order valence-corrected chi connectivity index (χ1v) is 6.24. The maximum atomic E-state index is 11.7. The van der Waals surface area contributed by atoms with E-state index in [2.05, 4.69) is 0 Å². The molecule has 0 aliphatic carbocycles. The van der Waals surface area contributed by atoms with Gasteiger partial charge in [-0.2, -0.15) is 0 Å². The molecule has 0 aromatic heterocycles. The minimum Gasteiger partial charge on any atom is -0.465 e. The van der Waals surface area contributed by atoms with Gasteiger partial charge in [0.15, 0.2) is 0 Å². The Labute approximate surface area is 95.0 Å². The Morgan fingerprint density at radius 3 is 2.67 bits per heavy atom. The first-order chi connectivity index (χ1) is 7.20. The third-order valence-corrected chi connectivity index (χ3v) is 3.13. The lowest BCUT2D eigenvalue weighted by Crippen LogP contribution is -2.13. The Balaban J connectivity index is 2.92. The molecule has 0 aliphatic heterocycles. The summed E-state index contributed by atoms with van der Waals surface area (Å²) in [6.45, 7) is 4.27. The fourth-order valence-electron chi connectivity index (χ4n) is 1.45. The number of rotatable bonds is 4. The first-order valence-electron chi connectivity index (χ1n) is 4.95. The van der Waals surface area contributed by atoms with Crippen LogP contribution in [0.3, 0.4) is 0 Å². The number of thioether (sulfide) groups is 1. The molecule has 15 heavy (non-hydrogen) atoms. The van der Waals surface area contributed by atoms with Gasteiger partial charge in [0, 0.05) is 0 Å². The van der Waals surface area contributed by atoms with Crippen molar-refractivity contribution in [2.24, 2.45) is 0 Å². The molecule has 0 spiro atoms. The highest BCUT2D eigenvalue weighted by molar-refractivity contribution is 7.99. The van der Waals surface area contributed by atoms with Gasteiger partial charge in [-0.3, -0.25) is 4.79 Å². The quantitative estimate of drug-likeness (QED) is 0.735. The van der Waals surface area contributed by atoms with Crippen LogP contribution in [-0.4, -0.2) is 18.8 Å². The normalized spacial score (nSPS) is 12.2. The largest absolute Gasteiger partial charge is 0.465 e. The maximum absolute atomic E-state index is 11.7. The summed E-state index contributed by atoms with van der Waals surface area (Å²) in [6.07, 6.45) is 1.92. The topological polar surface area (TPSA) is 26.3 Å². The Hall–Kier alpha value is -0.960. The van der Waals surface area contributed by atoms with E-state index >= 15 is 0 Å². The zero-order valence-electron chi connectivity index (χ0n) is 9.32. The smallest absolute Gasteiger partial charge is 0.323 e. The number of carbonyl (C=O) groups excluding carboxylic acids is 1. The van der Waals surface area contributed by atoms with Gasteiger partial charge in [-0.05, 0) is 31.2 Å². The van der Waals surface area contributed by atoms with Crippen LogP contribution < -0.4 is 0 Å². The average molecular weight is 224 g/mol. The zero-order valence-corrected chi connectivity index (χ0v) is 10.1. The Morgan fingerprint density at radius 2 is 2.13 bits per heavy atom. The van der Waals surface area contributed by atoms with Gasteiger partial charge in [-0.15, -0.1) is 11.8 Å². The average Bonchev–Trinajstić information content (AvgIpc) is 2.22. The number of ether oxygens (including phenoxy) is 1. The molecule has 1 aromatic rings. The molecule has 0 bridgehead atoms. The molecule has 0 N–H and O–H groups in total. The first kappa shape index (κ1) is 12.1. The van der Waals surface area contributed by atoms with E-state index in [0.29, 0.717) is 6.61 Å². The van der Waals surface area contributed by atoms with Gasteiger partial charge in [0.2, 0.25) is 0 Å². The van der Waals surface area contributed by atoms with Crippen LogP contribution in [-0.2, 0) is 9.53 Å². The van der Waals surface area contributed by atoms with Crippen LogP contribution >= 0.6 is 11.8 Å². The summed E-state index contributed by atoms with van der Waals surface area (Å²) in [7, 11) is 0. The van der Waals surface area contributed by atoms with Gasteiger partial charge in [0.1, 0.15) is 5.25 Å². The minimum absolute atomic E-state index is 0.153. The van der Waals surface area contributed by atoms with Crippen molar-refractivity contribution in [2.45, 2.75) is 19.1 Å². The fourth-order valence-corrected chi connectivity index (χ4v) is 2.23. The van der Waals surface area contributed by atoms with Crippen LogP contribution in [0.2, 0.25) is 0 Å². The lowest BCUT2D eigenvalue weighted by molar-refractivity contribution is -0.142. The third-order valence-electron chi connectivity index (χ3n) is 2.21. The van der Waals surface area contributed by atoms with Crippen molar-refractivity contribution in [1.82, 2.24) is 0 Å². The van der Waals surface area contributed by atoms with Gasteiger partial charge < -0.3 is 4.74 Å². The predicted molar refractivity (Wildman–Crippen MR) is 64.1 cm³/mol. The molecule has 0 amide bonds. The highest BCUT2D eigenvalue weighted by atomic mass is 32.2. The van der Waals surface area contributed by atoms with Crippen molar-refractivity contribution in [1.29, 1.82) is 0 Å². The summed E-state index contributed by atoms with van der Waals surface area (Å²) in [6, 6.07) is 7.91. The van der Waals surface area contributed by atoms with Gasteiger partial charge in [-0.25, -0.2) is 0 Å². The van der Waals surface area contributed by atoms with Gasteiger partial charge in [0.05, 0.1) is 6.61 Å². The summed E-state index contributed by atoms with van der Waals surface area (Å²) in [4.78, 5) is 11.7. The molecule has 0 fully saturated rings. The lowest BCUT2D eigenvalue weighted by Gasteiger charge is -2.15. The number of carbonyl (C=O) groups is 1. The zero-order chi connectivity index (χ0) is 11.3. The minimum atomic E-state index is -0.203. The van der Waals surface area contributed by atoms with Crippen molar-refractivity contribution in [3.8, 4) is 0 Å². The Bertz CT molecular complexity index is 336. The highest BCUT2D eigenvalue weighted by Crippen LogP contribution is 2.30. The van der Waals surface area contributed by atoms with E-state index in [1.807, 2.05) is 44.4 Å². The van der Waals surface area contributed by atoms with Crippen LogP contribution in [0.1, 0.15) is 23.3 Å². The molecule has 82 valence electrons. The van der Waals surface area contributed by atoms with Crippen molar-refractivity contribution < 1.29 is 9.53 Å². The van der Waals surface area contributed by atoms with Crippen LogP contribution in [0.25, 0.3) is 0 Å². The monoisotopic (exact) mass is 224 g/mol. The van der Waals surface area contributed by atoms with E-state index in [-0.39, 0.29) is 11.2 Å². The van der Waals surface area contributed by atoms with Gasteiger partial charge in [-0.1, -0.05) is 24.3 Å². The van der Waals surface area contributed by atoms with E-state index in [1.165, 1.54) is 11.8 Å². The molecular formula is C12H16O2S. The molecule has 0 saturated heterocycles. The van der Waals surface area contributed by atoms with Crippen molar-refractivity contribution in [2.75, 3.05) is 12.9 Å². The maximum Gasteiger partial charge on any atom is 0.323 e. The molecule has 0 aliphatic rings. The fraction of sp³-hybridized carbons (Fsp3) is 0.417. The second-order valence-electron chi connectivity index (χ2n) is 3.22. The SMILES string of the molecule is CCOC(=O)C(SC)c1ccccc1C. The number of hydrogen-bond donors (Lipinski definition) is 0. The number of benzene rings is 1. The standard InChI is InChI=1S/C12H16O2S/c1-4-14-12(13)11(15-3)10-8-6-5-7-9(10)2/h5-8,11H,4H2,1-3H3. The van der Waals surface area contributed by atoms with Crippen LogP contribution in [0.4, 0.5) is 0 Å². The summed E-state index contributed by atoms with van der Waals surface area (Å²) in [5, 5.41) is -0.203. The molecule has 0 heterocycles. The van der Waals surface area contributed by atoms with E-state index < -0.39 is 0 Å². The van der Waals surface area contributed by atoms with Crippen LogP contribution in [0.5, 0.6) is 0 Å². The number of hydrogen-bond acceptors (Lipinski definition) is 3. The highest BCUT2D eigenvalue weighted by Gasteiger charge is 2.21. The molecule has 1 atom stereocenters. The van der Waals surface area contributed by atoms with E-state index in [1.54, 1.807) is 0 Å². The molecule has 3 heteroatoms. The molecule has 1 unspecified atom stereocenters. The van der Waals surface area contributed by atoms with E-state index in [4.69, 9.17) is 4.74 Å². The molecule has 0 saturated carbocycles. The second-order valence-corrected chi connectivity index (χ2v) is 4.17. The summed E-state index contributed by atoms with van der Waals surface area (Å²) < 4.78 is 5.04. The third kappa shape index (κ3) is 2.99. The van der Waals surface area contributed by atoms with Crippen LogP contribution in [0.15, 0.2) is 24.3 Å². The van der Waals surface area contributed by atoms with E-state index in [9.17, 15) is 4.79 Å². The molecule has 0 radical (unpaired) electrons. The van der Waals surface area contributed by atoms with Crippen molar-refractivity contribution in [3.63, 3.8) is 0 Å². The molecule has 1 aromatic carbocycles. The molecule has 2 nitrogen and oxygen atoms in total. The van der Waals surface area contributed by atoms with Gasteiger partial charge >= 0.3 is 5.97 Å². The summed E-state index contributed by atoms with van der Waals surface area (Å²) in [5.41, 5.74) is 2.17. The molecule has 1 rings (SSSR count). The molecular weight excluding hydrogens is 208 g/mol. The Morgan fingerprint density at radius 1 is 1.47 bits per heavy atom. The van der Waals surface area contributed by atoms with Crippen molar-refractivity contribution in [3.05, 3.63) is 35.4 Å². The number of esters is 1. The van der Waals surface area contributed by atoms with Crippen molar-refractivity contribution >= 4 is 17.7 Å². The lowest BCUT2D eigenvalue weighted by atomic mass is 10.1. The summed E-state index contributed by atoms with van der Waals surface area (Å²) >= 11 is 1.51. The van der Waals surface area contributed by atoms with Crippen LogP contribution in [0, 0.1) is 6.92 Å². The second kappa shape index (κ2) is 5.81. The number of aryl methyl sites for hydroxylation is 1.